The lowest BCUT2D eigenvalue weighted by atomic mass is 10.2. The second kappa shape index (κ2) is 17.1. The van der Waals surface area contributed by atoms with Gasteiger partial charge in [-0.05, 0) is 45.4 Å². The van der Waals surface area contributed by atoms with Crippen molar-refractivity contribution in [1.29, 1.82) is 5.41 Å². The number of hydrogen-bond acceptors (Lipinski definition) is 6. The van der Waals surface area contributed by atoms with Crippen molar-refractivity contribution in [1.82, 2.24) is 9.97 Å². The maximum absolute atomic E-state index is 12.9. The van der Waals surface area contributed by atoms with Crippen molar-refractivity contribution < 1.29 is 9.13 Å². The van der Waals surface area contributed by atoms with Gasteiger partial charge < -0.3 is 21.2 Å². The molecule has 0 aliphatic carbocycles. The van der Waals surface area contributed by atoms with Crippen molar-refractivity contribution in [2.24, 2.45) is 0 Å². The van der Waals surface area contributed by atoms with Gasteiger partial charge in [-0.1, -0.05) is 54.7 Å². The highest BCUT2D eigenvalue weighted by Gasteiger charge is 2.01. The van der Waals surface area contributed by atoms with Gasteiger partial charge in [-0.3, -0.25) is 0 Å². The van der Waals surface area contributed by atoms with Crippen LogP contribution in [0.5, 0.6) is 0 Å². The van der Waals surface area contributed by atoms with Gasteiger partial charge in [-0.25, -0.2) is 9.37 Å². The van der Waals surface area contributed by atoms with Crippen LogP contribution in [0.4, 0.5) is 16.2 Å². The normalized spacial score (nSPS) is 12.9. The first-order valence-electron chi connectivity index (χ1n) is 9.96. The second-order valence-corrected chi connectivity index (χ2v) is 6.63. The van der Waals surface area contributed by atoms with Gasteiger partial charge in [0.05, 0.1) is 6.61 Å². The molecule has 0 atom stereocenters. The zero-order valence-corrected chi connectivity index (χ0v) is 19.5. The number of allylic oxidation sites excluding steroid dienone is 11. The molecule has 0 unspecified atom stereocenters. The molecule has 0 saturated carbocycles. The van der Waals surface area contributed by atoms with Crippen molar-refractivity contribution in [3.8, 4) is 0 Å². The summed E-state index contributed by atoms with van der Waals surface area (Å²) >= 11 is 0. The Labute approximate surface area is 191 Å². The molecule has 0 saturated heterocycles. The molecule has 0 amide bonds. The van der Waals surface area contributed by atoms with E-state index in [2.05, 4.69) is 34.9 Å². The number of ether oxygens (including phenoxy) is 1. The van der Waals surface area contributed by atoms with Gasteiger partial charge in [0.25, 0.3) is 0 Å². The van der Waals surface area contributed by atoms with Gasteiger partial charge in [-0.15, -0.1) is 0 Å². The van der Waals surface area contributed by atoms with Gasteiger partial charge in [0.2, 0.25) is 5.95 Å². The Morgan fingerprint density at radius 1 is 1.22 bits per heavy atom. The van der Waals surface area contributed by atoms with E-state index in [-0.39, 0.29) is 5.95 Å². The molecular weight excluding hydrogens is 405 g/mol. The number of methoxy groups -OCH3 is 1. The zero-order chi connectivity index (χ0) is 24.4. The molecule has 0 spiro atoms. The highest BCUT2D eigenvalue weighted by atomic mass is 19.1. The van der Waals surface area contributed by atoms with Crippen LogP contribution in [-0.4, -0.2) is 29.9 Å². The van der Waals surface area contributed by atoms with Crippen LogP contribution in [0.1, 0.15) is 26.5 Å². The molecule has 0 aliphatic rings. The molecule has 1 heterocycles. The molecule has 172 valence electrons. The molecule has 1 aromatic heterocycles. The first-order chi connectivity index (χ1) is 15.2. The lowest BCUT2D eigenvalue weighted by Gasteiger charge is -2.07. The maximum Gasteiger partial charge on any atom is 0.222 e. The topological polar surface area (TPSA) is 96.9 Å². The number of nitrogens with two attached hydrogens (primary N) is 1. The average Bonchev–Trinajstić information content (AvgIpc) is 2.70. The lowest BCUT2D eigenvalue weighted by molar-refractivity contribution is 0.234. The van der Waals surface area contributed by atoms with Crippen molar-refractivity contribution in [2.45, 2.75) is 27.7 Å². The molecule has 1 aromatic rings. The van der Waals surface area contributed by atoms with Crippen LogP contribution in [0, 0.1) is 12.3 Å². The SMILES string of the molecule is C=C(F)/C=C(\C=C/COC)Nc1cc(C)nc(N)n1.C\C=C/C(C)=C/C=C\C=C(/C)C=N. The number of rotatable bonds is 10. The van der Waals surface area contributed by atoms with Crippen LogP contribution >= 0.6 is 0 Å². The number of halogens is 1. The predicted molar refractivity (Wildman–Crippen MR) is 134 cm³/mol. The molecule has 0 bridgehead atoms. The van der Waals surface area contributed by atoms with Gasteiger partial charge in [0, 0.05) is 30.8 Å². The molecule has 7 heteroatoms. The van der Waals surface area contributed by atoms with Crippen LogP contribution < -0.4 is 11.1 Å². The van der Waals surface area contributed by atoms with Gasteiger partial charge in [-0.2, -0.15) is 4.98 Å². The molecule has 4 N–H and O–H groups in total. The van der Waals surface area contributed by atoms with Crippen molar-refractivity contribution >= 4 is 18.0 Å². The molecule has 0 fully saturated rings. The molecule has 0 aliphatic heterocycles. The smallest absolute Gasteiger partial charge is 0.222 e. The lowest BCUT2D eigenvalue weighted by Crippen LogP contribution is -2.04. The third-order valence-electron chi connectivity index (χ3n) is 3.50. The summed E-state index contributed by atoms with van der Waals surface area (Å²) in [5.74, 6) is 0.0738. The van der Waals surface area contributed by atoms with E-state index in [1.165, 1.54) is 17.9 Å². The minimum atomic E-state index is -0.566. The van der Waals surface area contributed by atoms with Crippen LogP contribution in [-0.2, 0) is 4.74 Å². The van der Waals surface area contributed by atoms with E-state index in [0.717, 1.165) is 5.57 Å². The second-order valence-electron chi connectivity index (χ2n) is 6.63. The standard InChI is InChI=1S/C13H17FN4O.C12H17N/c1-9(14)7-11(5-4-6-19-3)17-12-8-10(2)16-13(15)18-12;1-4-7-11(2)8-5-6-9-12(3)10-13/h4-5,7-8H,1,6H2,2-3H3,(H3,15,16,17,18);4-10,13H,1-3H3/b5-4-,11-7+;6-5-,7-4-,11-8+,12-9+,13-10?. The fourth-order valence-electron chi connectivity index (χ4n) is 2.15. The first-order valence-corrected chi connectivity index (χ1v) is 9.96. The highest BCUT2D eigenvalue weighted by Crippen LogP contribution is 2.12. The summed E-state index contributed by atoms with van der Waals surface area (Å²) in [6.07, 6.45) is 17.9. The Bertz CT molecular complexity index is 904. The molecule has 0 radical (unpaired) electrons. The summed E-state index contributed by atoms with van der Waals surface area (Å²) in [7, 11) is 1.57. The van der Waals surface area contributed by atoms with Crippen molar-refractivity contribution in [3.63, 3.8) is 0 Å². The molecule has 32 heavy (non-hydrogen) atoms. The minimum Gasteiger partial charge on any atom is -0.381 e. The van der Waals surface area contributed by atoms with Crippen molar-refractivity contribution in [2.75, 3.05) is 24.8 Å². The average molecular weight is 440 g/mol. The van der Waals surface area contributed by atoms with E-state index < -0.39 is 5.83 Å². The number of aryl methyl sites for hydroxylation is 1. The maximum atomic E-state index is 12.9. The zero-order valence-electron chi connectivity index (χ0n) is 19.5. The number of nitrogen functional groups attached to an aromatic ring is 1. The molecule has 0 aromatic carbocycles. The largest absolute Gasteiger partial charge is 0.381 e. The molecule has 1 rings (SSSR count). The number of anilines is 2. The number of nitrogens with zero attached hydrogens (tertiary/aromatic N) is 2. The van der Waals surface area contributed by atoms with Crippen LogP contribution in [0.15, 0.2) is 90.0 Å². The van der Waals surface area contributed by atoms with E-state index in [9.17, 15) is 4.39 Å². The summed E-state index contributed by atoms with van der Waals surface area (Å²) in [5.41, 5.74) is 8.93. The van der Waals surface area contributed by atoms with Crippen LogP contribution in [0.25, 0.3) is 0 Å². The molecular formula is C25H34FN5O. The Kier molecular flexibility index (Phi) is 15.2. The van der Waals surface area contributed by atoms with E-state index >= 15 is 0 Å². The summed E-state index contributed by atoms with van der Waals surface area (Å²) in [4.78, 5) is 7.96. The van der Waals surface area contributed by atoms with E-state index in [1.54, 1.807) is 32.3 Å². The van der Waals surface area contributed by atoms with Crippen LogP contribution in [0.2, 0.25) is 0 Å². The summed E-state index contributed by atoms with van der Waals surface area (Å²) in [5, 5.41) is 9.88. The van der Waals surface area contributed by atoms with Gasteiger partial charge >= 0.3 is 0 Å². The predicted octanol–water partition coefficient (Wildman–Crippen LogP) is 6.01. The number of nitrogens with one attached hydrogen (secondary N) is 2. The van der Waals surface area contributed by atoms with E-state index in [1.807, 2.05) is 44.2 Å². The summed E-state index contributed by atoms with van der Waals surface area (Å²) in [6.45, 7) is 11.4. The van der Waals surface area contributed by atoms with Gasteiger partial charge in [0.1, 0.15) is 11.6 Å². The minimum absolute atomic E-state index is 0.154. The van der Waals surface area contributed by atoms with E-state index in [0.29, 0.717) is 23.8 Å². The Hall–Kier alpha value is -3.58. The number of aromatic nitrogens is 2. The quantitative estimate of drug-likeness (QED) is 0.306. The van der Waals surface area contributed by atoms with E-state index in [4.69, 9.17) is 15.9 Å². The Morgan fingerprint density at radius 3 is 2.41 bits per heavy atom. The number of hydrogen-bond donors (Lipinski definition) is 3. The van der Waals surface area contributed by atoms with Crippen molar-refractivity contribution in [3.05, 3.63) is 95.7 Å². The third-order valence-corrected chi connectivity index (χ3v) is 3.50. The molecule has 6 nitrogen and oxygen atoms in total. The summed E-state index contributed by atoms with van der Waals surface area (Å²) < 4.78 is 17.8. The Balaban J connectivity index is 0.000000649. The van der Waals surface area contributed by atoms with Crippen LogP contribution in [0.3, 0.4) is 0 Å². The van der Waals surface area contributed by atoms with Gasteiger partial charge in [0.15, 0.2) is 0 Å². The Morgan fingerprint density at radius 2 is 1.88 bits per heavy atom. The monoisotopic (exact) mass is 439 g/mol. The highest BCUT2D eigenvalue weighted by molar-refractivity contribution is 5.75. The first kappa shape index (κ1) is 28.4. The summed E-state index contributed by atoms with van der Waals surface area (Å²) in [6, 6.07) is 1.70. The fourth-order valence-corrected chi connectivity index (χ4v) is 2.15. The fraction of sp³-hybridized carbons (Fsp3) is 0.240. The third kappa shape index (κ3) is 15.3.